The van der Waals surface area contributed by atoms with Gasteiger partial charge in [0.15, 0.2) is 5.16 Å². The zero-order valence-corrected chi connectivity index (χ0v) is 11.4. The summed E-state index contributed by atoms with van der Waals surface area (Å²) in [6, 6.07) is 1.71. The van der Waals surface area contributed by atoms with Crippen LogP contribution in [0, 0.1) is 13.8 Å². The van der Waals surface area contributed by atoms with Crippen molar-refractivity contribution in [2.24, 2.45) is 7.05 Å². The lowest BCUT2D eigenvalue weighted by atomic mass is 10.1. The van der Waals surface area contributed by atoms with Crippen LogP contribution in [0.15, 0.2) is 21.0 Å². The van der Waals surface area contributed by atoms with Crippen LogP contribution in [-0.4, -0.2) is 30.8 Å². The number of aromatic amines is 1. The summed E-state index contributed by atoms with van der Waals surface area (Å²) < 4.78 is 1.30. The predicted octanol–water partition coefficient (Wildman–Crippen LogP) is 0.970. The second-order valence-electron chi connectivity index (χ2n) is 4.04. The summed E-state index contributed by atoms with van der Waals surface area (Å²) in [6.07, 6.45) is 0. The number of H-pyrrole nitrogens is 1. The van der Waals surface area contributed by atoms with E-state index in [0.717, 1.165) is 11.8 Å². The highest BCUT2D eigenvalue weighted by molar-refractivity contribution is 7.99. The largest absolute Gasteiger partial charge is 0.478 e. The Hall–Kier alpha value is -2.09. The molecule has 0 bridgehead atoms. The van der Waals surface area contributed by atoms with Gasteiger partial charge >= 0.3 is 11.7 Å². The van der Waals surface area contributed by atoms with E-state index in [1.54, 1.807) is 27.0 Å². The van der Waals surface area contributed by atoms with E-state index in [1.807, 2.05) is 0 Å². The third kappa shape index (κ3) is 2.53. The van der Waals surface area contributed by atoms with Crippen LogP contribution in [0.5, 0.6) is 0 Å². The number of rotatable bonds is 3. The molecule has 0 unspecified atom stereocenters. The van der Waals surface area contributed by atoms with Gasteiger partial charge in [-0.25, -0.2) is 19.7 Å². The Morgan fingerprint density at radius 3 is 2.68 bits per heavy atom. The van der Waals surface area contributed by atoms with Crippen LogP contribution < -0.4 is 5.69 Å². The van der Waals surface area contributed by atoms with Gasteiger partial charge in [-0.1, -0.05) is 0 Å². The van der Waals surface area contributed by atoms with Gasteiger partial charge in [-0.3, -0.25) is 4.57 Å². The fourth-order valence-corrected chi connectivity index (χ4v) is 2.67. The van der Waals surface area contributed by atoms with Gasteiger partial charge in [0.2, 0.25) is 0 Å². The molecule has 19 heavy (non-hydrogen) atoms. The zero-order valence-electron chi connectivity index (χ0n) is 10.6. The number of carbonyl (C=O) groups is 1. The van der Waals surface area contributed by atoms with Gasteiger partial charge in [-0.2, -0.15) is 0 Å². The highest BCUT2D eigenvalue weighted by Gasteiger charge is 2.18. The van der Waals surface area contributed by atoms with Crippen molar-refractivity contribution in [1.82, 2.24) is 19.7 Å². The number of nitrogens with one attached hydrogen (secondary N) is 1. The first-order valence-electron chi connectivity index (χ1n) is 5.41. The number of carboxylic acid groups (broad SMARTS) is 1. The first-order chi connectivity index (χ1) is 8.90. The van der Waals surface area contributed by atoms with Gasteiger partial charge in [-0.05, 0) is 37.2 Å². The average Bonchev–Trinajstić information content (AvgIpc) is 2.59. The van der Waals surface area contributed by atoms with E-state index in [4.69, 9.17) is 0 Å². The van der Waals surface area contributed by atoms with Gasteiger partial charge in [0.05, 0.1) is 5.56 Å². The summed E-state index contributed by atoms with van der Waals surface area (Å²) in [4.78, 5) is 26.8. The standard InChI is InChI=1S/C11H12N4O3S/c1-5-4-6(2)12-8(7(5)9(16)17)19-11-14-13-10(18)15(11)3/h4H,1-3H3,(H,13,18)(H,16,17). The van der Waals surface area contributed by atoms with E-state index in [2.05, 4.69) is 15.2 Å². The molecule has 8 heteroatoms. The lowest BCUT2D eigenvalue weighted by Crippen LogP contribution is -2.13. The normalized spacial score (nSPS) is 10.7. The molecule has 100 valence electrons. The molecule has 0 amide bonds. The van der Waals surface area contributed by atoms with E-state index in [0.29, 0.717) is 21.4 Å². The Morgan fingerprint density at radius 1 is 1.47 bits per heavy atom. The Kier molecular flexibility index (Phi) is 3.43. The molecule has 0 spiro atoms. The fourth-order valence-electron chi connectivity index (χ4n) is 1.65. The number of pyridine rings is 1. The lowest BCUT2D eigenvalue weighted by Gasteiger charge is -2.08. The van der Waals surface area contributed by atoms with Crippen molar-refractivity contribution in [2.75, 3.05) is 0 Å². The number of nitrogens with zero attached hydrogens (tertiary/aromatic N) is 3. The summed E-state index contributed by atoms with van der Waals surface area (Å²) in [7, 11) is 1.55. The van der Waals surface area contributed by atoms with Crippen molar-refractivity contribution in [2.45, 2.75) is 24.0 Å². The quantitative estimate of drug-likeness (QED) is 0.868. The van der Waals surface area contributed by atoms with Crippen LogP contribution in [0.3, 0.4) is 0 Å². The third-order valence-electron chi connectivity index (χ3n) is 2.55. The molecule has 0 aromatic carbocycles. The third-order valence-corrected chi connectivity index (χ3v) is 3.59. The van der Waals surface area contributed by atoms with Crippen LogP contribution in [0.25, 0.3) is 0 Å². The van der Waals surface area contributed by atoms with E-state index in [-0.39, 0.29) is 11.3 Å². The molecular formula is C11H12N4O3S. The molecule has 0 radical (unpaired) electrons. The minimum atomic E-state index is -1.05. The number of hydrogen-bond acceptors (Lipinski definition) is 5. The second kappa shape index (κ2) is 4.88. The van der Waals surface area contributed by atoms with E-state index in [9.17, 15) is 14.7 Å². The van der Waals surface area contributed by atoms with E-state index >= 15 is 0 Å². The fraction of sp³-hybridized carbons (Fsp3) is 0.273. The van der Waals surface area contributed by atoms with Crippen molar-refractivity contribution in [1.29, 1.82) is 0 Å². The Balaban J connectivity index is 2.53. The number of hydrogen-bond donors (Lipinski definition) is 2. The van der Waals surface area contributed by atoms with Crippen molar-refractivity contribution in [3.63, 3.8) is 0 Å². The van der Waals surface area contributed by atoms with Gasteiger partial charge in [0.25, 0.3) is 0 Å². The van der Waals surface area contributed by atoms with Crippen molar-refractivity contribution < 1.29 is 9.90 Å². The monoisotopic (exact) mass is 280 g/mol. The molecule has 0 aliphatic heterocycles. The summed E-state index contributed by atoms with van der Waals surface area (Å²) in [6.45, 7) is 3.50. The minimum Gasteiger partial charge on any atom is -0.478 e. The molecule has 0 saturated carbocycles. The SMILES string of the molecule is Cc1cc(C)c(C(=O)O)c(Sc2n[nH]c(=O)n2C)n1. The molecule has 2 N–H and O–H groups in total. The van der Waals surface area contributed by atoms with Crippen LogP contribution in [-0.2, 0) is 7.05 Å². The van der Waals surface area contributed by atoms with Crippen LogP contribution in [0.4, 0.5) is 0 Å². The Labute approximate surface area is 112 Å². The molecular weight excluding hydrogens is 268 g/mol. The van der Waals surface area contributed by atoms with Crippen molar-refractivity contribution >= 4 is 17.7 Å². The highest BCUT2D eigenvalue weighted by Crippen LogP contribution is 2.28. The molecule has 2 rings (SSSR count). The van der Waals surface area contributed by atoms with Gasteiger partial charge in [-0.15, -0.1) is 5.10 Å². The Morgan fingerprint density at radius 2 is 2.16 bits per heavy atom. The molecule has 0 atom stereocenters. The van der Waals surface area contributed by atoms with Crippen LogP contribution in [0.1, 0.15) is 21.6 Å². The topological polar surface area (TPSA) is 101 Å². The number of aromatic nitrogens is 4. The number of aromatic carboxylic acids is 1. The average molecular weight is 280 g/mol. The first kappa shape index (κ1) is 13.3. The minimum absolute atomic E-state index is 0.131. The molecule has 2 aromatic rings. The number of carboxylic acids is 1. The molecule has 2 heterocycles. The first-order valence-corrected chi connectivity index (χ1v) is 6.22. The van der Waals surface area contributed by atoms with Crippen LogP contribution >= 0.6 is 11.8 Å². The summed E-state index contributed by atoms with van der Waals surface area (Å²) >= 11 is 1.05. The smallest absolute Gasteiger partial charge is 0.343 e. The van der Waals surface area contributed by atoms with Crippen molar-refractivity contribution in [3.05, 3.63) is 33.4 Å². The maximum Gasteiger partial charge on any atom is 0.343 e. The summed E-state index contributed by atoms with van der Waals surface area (Å²) in [5.74, 6) is -1.05. The summed E-state index contributed by atoms with van der Waals surface area (Å²) in [5.41, 5.74) is 1.11. The maximum absolute atomic E-state index is 11.3. The van der Waals surface area contributed by atoms with Crippen LogP contribution in [0.2, 0.25) is 0 Å². The Bertz CT molecular complexity index is 704. The molecule has 7 nitrogen and oxygen atoms in total. The molecule has 0 saturated heterocycles. The van der Waals surface area contributed by atoms with Gasteiger partial charge in [0, 0.05) is 12.7 Å². The lowest BCUT2D eigenvalue weighted by molar-refractivity contribution is 0.0691. The van der Waals surface area contributed by atoms with E-state index in [1.165, 1.54) is 4.57 Å². The van der Waals surface area contributed by atoms with Gasteiger partial charge < -0.3 is 5.11 Å². The zero-order chi connectivity index (χ0) is 14.2. The highest BCUT2D eigenvalue weighted by atomic mass is 32.2. The molecule has 0 aliphatic carbocycles. The molecule has 0 aliphatic rings. The second-order valence-corrected chi connectivity index (χ2v) is 4.99. The predicted molar refractivity (Wildman–Crippen MR) is 68.6 cm³/mol. The molecule has 0 fully saturated rings. The van der Waals surface area contributed by atoms with Crippen molar-refractivity contribution in [3.8, 4) is 0 Å². The summed E-state index contributed by atoms with van der Waals surface area (Å²) in [5, 5.41) is 16.1. The molecule has 2 aromatic heterocycles. The van der Waals surface area contributed by atoms with E-state index < -0.39 is 5.97 Å². The number of aryl methyl sites for hydroxylation is 2. The van der Waals surface area contributed by atoms with Gasteiger partial charge in [0.1, 0.15) is 5.03 Å². The maximum atomic E-state index is 11.3.